The van der Waals surface area contributed by atoms with Crippen LogP contribution < -0.4 is 9.64 Å². The largest absolute Gasteiger partial charge is 0.455 e. The molecule has 0 aromatic heterocycles. The Labute approximate surface area is 171 Å². The molecule has 2 aliphatic rings. The maximum Gasteiger partial charge on any atom is 0.228 e. The number of para-hydroxylation sites is 3. The number of nitrogens with zero attached hydrogens (tertiary/aromatic N) is 3. The van der Waals surface area contributed by atoms with Crippen molar-refractivity contribution in [3.63, 3.8) is 0 Å². The van der Waals surface area contributed by atoms with E-state index >= 15 is 0 Å². The number of carbonyl (C=O) groups is 2. The van der Waals surface area contributed by atoms with Gasteiger partial charge in [-0.25, -0.2) is 0 Å². The highest BCUT2D eigenvalue weighted by Crippen LogP contribution is 2.36. The summed E-state index contributed by atoms with van der Waals surface area (Å²) in [4.78, 5) is 31.7. The Morgan fingerprint density at radius 1 is 1.00 bits per heavy atom. The molecule has 2 aromatic rings. The molecule has 152 valence electrons. The van der Waals surface area contributed by atoms with Crippen molar-refractivity contribution in [3.05, 3.63) is 54.6 Å². The van der Waals surface area contributed by atoms with Crippen LogP contribution in [0.25, 0.3) is 0 Å². The molecule has 0 saturated carbocycles. The predicted molar refractivity (Wildman–Crippen MR) is 112 cm³/mol. The van der Waals surface area contributed by atoms with E-state index in [1.165, 1.54) is 0 Å². The van der Waals surface area contributed by atoms with Crippen molar-refractivity contribution in [1.29, 1.82) is 0 Å². The van der Waals surface area contributed by atoms with Crippen molar-refractivity contribution >= 4 is 17.5 Å². The number of benzene rings is 2. The minimum Gasteiger partial charge on any atom is -0.455 e. The molecule has 2 fully saturated rings. The third-order valence-electron chi connectivity index (χ3n) is 5.73. The number of likely N-dealkylation sites (N-methyl/N-ethyl adjacent to an activating group) is 1. The van der Waals surface area contributed by atoms with Gasteiger partial charge in [0.15, 0.2) is 5.75 Å². The zero-order chi connectivity index (χ0) is 20.2. The molecule has 4 rings (SSSR count). The highest BCUT2D eigenvalue weighted by atomic mass is 16.5. The first-order chi connectivity index (χ1) is 14.2. The molecule has 0 radical (unpaired) electrons. The molecule has 0 spiro atoms. The fourth-order valence-corrected chi connectivity index (χ4v) is 4.03. The first kappa shape index (κ1) is 19.5. The summed E-state index contributed by atoms with van der Waals surface area (Å²) in [6, 6.07) is 17.0. The van der Waals surface area contributed by atoms with Gasteiger partial charge >= 0.3 is 0 Å². The summed E-state index contributed by atoms with van der Waals surface area (Å²) in [5.41, 5.74) is 0.715. The lowest BCUT2D eigenvalue weighted by Gasteiger charge is -2.35. The zero-order valence-corrected chi connectivity index (χ0v) is 16.8. The van der Waals surface area contributed by atoms with E-state index in [-0.39, 0.29) is 24.2 Å². The van der Waals surface area contributed by atoms with Gasteiger partial charge in [-0.1, -0.05) is 37.3 Å². The molecule has 29 heavy (non-hydrogen) atoms. The van der Waals surface area contributed by atoms with Gasteiger partial charge in [0.2, 0.25) is 11.8 Å². The van der Waals surface area contributed by atoms with Crippen LogP contribution in [0.3, 0.4) is 0 Å². The number of carbonyl (C=O) groups excluding carboxylic acids is 2. The minimum atomic E-state index is -0.291. The fourth-order valence-electron chi connectivity index (χ4n) is 4.03. The van der Waals surface area contributed by atoms with Gasteiger partial charge in [-0.2, -0.15) is 0 Å². The van der Waals surface area contributed by atoms with Gasteiger partial charge in [-0.15, -0.1) is 0 Å². The normalized spacial score (nSPS) is 20.2. The maximum absolute atomic E-state index is 13.0. The van der Waals surface area contributed by atoms with E-state index in [0.717, 1.165) is 32.7 Å². The maximum atomic E-state index is 13.0. The highest BCUT2D eigenvalue weighted by molar-refractivity contribution is 6.01. The van der Waals surface area contributed by atoms with Crippen molar-refractivity contribution < 1.29 is 14.3 Å². The van der Waals surface area contributed by atoms with Crippen LogP contribution in [0.15, 0.2) is 54.6 Å². The van der Waals surface area contributed by atoms with E-state index in [4.69, 9.17) is 4.74 Å². The molecule has 2 saturated heterocycles. The average Bonchev–Trinajstić information content (AvgIpc) is 3.16. The number of ether oxygens (including phenoxy) is 1. The molecule has 2 heterocycles. The fraction of sp³-hybridized carbons (Fsp3) is 0.391. The Bertz CT molecular complexity index is 863. The molecule has 1 unspecified atom stereocenters. The molecule has 0 N–H and O–H groups in total. The first-order valence-corrected chi connectivity index (χ1v) is 10.3. The molecular formula is C23H27N3O3. The number of anilines is 1. The van der Waals surface area contributed by atoms with E-state index < -0.39 is 0 Å². The van der Waals surface area contributed by atoms with Crippen LogP contribution in [0.1, 0.15) is 13.3 Å². The van der Waals surface area contributed by atoms with Gasteiger partial charge < -0.3 is 19.4 Å². The molecule has 0 aliphatic carbocycles. The van der Waals surface area contributed by atoms with Gasteiger partial charge in [0, 0.05) is 39.1 Å². The Kier molecular flexibility index (Phi) is 5.81. The van der Waals surface area contributed by atoms with Gasteiger partial charge in [-0.05, 0) is 30.8 Å². The lowest BCUT2D eigenvalue weighted by molar-refractivity contribution is -0.137. The summed E-state index contributed by atoms with van der Waals surface area (Å²) < 4.78 is 6.01. The highest BCUT2D eigenvalue weighted by Gasteiger charge is 2.38. The summed E-state index contributed by atoms with van der Waals surface area (Å²) in [6.07, 6.45) is 0.256. The Hall–Kier alpha value is -2.86. The number of amides is 2. The smallest absolute Gasteiger partial charge is 0.228 e. The van der Waals surface area contributed by atoms with E-state index in [2.05, 4.69) is 11.8 Å². The van der Waals surface area contributed by atoms with Crippen LogP contribution in [0.2, 0.25) is 0 Å². The molecule has 2 amide bonds. The number of hydrogen-bond donors (Lipinski definition) is 0. The quantitative estimate of drug-likeness (QED) is 0.784. The van der Waals surface area contributed by atoms with Crippen LogP contribution in [-0.4, -0.2) is 60.9 Å². The van der Waals surface area contributed by atoms with Crippen molar-refractivity contribution in [2.24, 2.45) is 5.92 Å². The average molecular weight is 393 g/mol. The predicted octanol–water partition coefficient (Wildman–Crippen LogP) is 3.00. The zero-order valence-electron chi connectivity index (χ0n) is 16.8. The third kappa shape index (κ3) is 4.27. The second-order valence-electron chi connectivity index (χ2n) is 7.55. The van der Waals surface area contributed by atoms with Gasteiger partial charge in [0.1, 0.15) is 5.75 Å². The summed E-state index contributed by atoms with van der Waals surface area (Å²) in [5.74, 6) is 1.11. The van der Waals surface area contributed by atoms with Crippen LogP contribution in [-0.2, 0) is 9.59 Å². The minimum absolute atomic E-state index is 0.0281. The lowest BCUT2D eigenvalue weighted by Crippen LogP contribution is -2.50. The van der Waals surface area contributed by atoms with Crippen LogP contribution >= 0.6 is 0 Å². The van der Waals surface area contributed by atoms with Crippen LogP contribution in [0, 0.1) is 5.92 Å². The monoisotopic (exact) mass is 393 g/mol. The van der Waals surface area contributed by atoms with E-state index in [0.29, 0.717) is 23.7 Å². The topological polar surface area (TPSA) is 53.1 Å². The van der Waals surface area contributed by atoms with Gasteiger partial charge in [0.05, 0.1) is 11.6 Å². The standard InChI is InChI=1S/C23H27N3O3/c1-2-24-12-14-25(15-13-24)23(28)18-16-22(27)26(17-18)20-10-6-7-11-21(20)29-19-8-4-3-5-9-19/h3-11,18H,2,12-17H2,1H3. The van der Waals surface area contributed by atoms with Crippen LogP contribution in [0.4, 0.5) is 5.69 Å². The second-order valence-corrected chi connectivity index (χ2v) is 7.55. The van der Waals surface area contributed by atoms with E-state index in [1.54, 1.807) is 4.90 Å². The first-order valence-electron chi connectivity index (χ1n) is 10.3. The number of rotatable bonds is 5. The summed E-state index contributed by atoms with van der Waals surface area (Å²) >= 11 is 0. The van der Waals surface area contributed by atoms with Crippen molar-refractivity contribution in [2.45, 2.75) is 13.3 Å². The van der Waals surface area contributed by atoms with Crippen molar-refractivity contribution in [1.82, 2.24) is 9.80 Å². The van der Waals surface area contributed by atoms with Crippen molar-refractivity contribution in [3.8, 4) is 11.5 Å². The van der Waals surface area contributed by atoms with Crippen LogP contribution in [0.5, 0.6) is 11.5 Å². The molecule has 0 bridgehead atoms. The number of piperazine rings is 1. The third-order valence-corrected chi connectivity index (χ3v) is 5.73. The molecule has 6 nitrogen and oxygen atoms in total. The summed E-state index contributed by atoms with van der Waals surface area (Å²) in [7, 11) is 0. The summed E-state index contributed by atoms with van der Waals surface area (Å²) in [5, 5.41) is 0. The lowest BCUT2D eigenvalue weighted by atomic mass is 10.1. The second kappa shape index (κ2) is 8.66. The Morgan fingerprint density at radius 2 is 1.69 bits per heavy atom. The van der Waals surface area contributed by atoms with Gasteiger partial charge in [-0.3, -0.25) is 9.59 Å². The molecule has 2 aromatic carbocycles. The molecular weight excluding hydrogens is 366 g/mol. The molecule has 6 heteroatoms. The molecule has 1 atom stereocenters. The van der Waals surface area contributed by atoms with E-state index in [9.17, 15) is 9.59 Å². The SMILES string of the molecule is CCN1CCN(C(=O)C2CC(=O)N(c3ccccc3Oc3ccccc3)C2)CC1. The molecule has 2 aliphatic heterocycles. The Balaban J connectivity index is 1.47. The number of hydrogen-bond acceptors (Lipinski definition) is 4. The summed E-state index contributed by atoms with van der Waals surface area (Å²) in [6.45, 7) is 6.84. The Morgan fingerprint density at radius 3 is 2.41 bits per heavy atom. The van der Waals surface area contributed by atoms with Crippen molar-refractivity contribution in [2.75, 3.05) is 44.2 Å². The van der Waals surface area contributed by atoms with Gasteiger partial charge in [0.25, 0.3) is 0 Å². The van der Waals surface area contributed by atoms with E-state index in [1.807, 2.05) is 59.5 Å².